The van der Waals surface area contributed by atoms with Gasteiger partial charge in [0.25, 0.3) is 5.91 Å². The van der Waals surface area contributed by atoms with Crippen molar-refractivity contribution < 1.29 is 44.3 Å². The summed E-state index contributed by atoms with van der Waals surface area (Å²) in [5, 5.41) is 2.50. The van der Waals surface area contributed by atoms with Crippen molar-refractivity contribution in [1.29, 1.82) is 0 Å². The van der Waals surface area contributed by atoms with E-state index in [9.17, 15) is 39.6 Å². The van der Waals surface area contributed by atoms with Gasteiger partial charge in [0.2, 0.25) is 5.82 Å². The molecular formula is C20H19F6N3O4S. The summed E-state index contributed by atoms with van der Waals surface area (Å²) in [5.41, 5.74) is -0.487. The standard InChI is InChI=1S/C20H19F6N3O4S/c1-18(2,34(31,32)14-5-3-4-13(10-14)33-20(24,25)26)11-8-12(9-11)28-16(30)15-6-7-27-17(29-15)19(21,22)23/h3-7,10-12H,8-9H2,1-2H3,(H,28,30). The molecule has 1 saturated carbocycles. The van der Waals surface area contributed by atoms with Crippen molar-refractivity contribution in [3.8, 4) is 5.75 Å². The topological polar surface area (TPSA) is 98.3 Å². The molecule has 2 aromatic rings. The second-order valence-electron chi connectivity index (χ2n) is 8.23. The van der Waals surface area contributed by atoms with Crippen molar-refractivity contribution in [2.75, 3.05) is 0 Å². The first-order chi connectivity index (χ1) is 15.5. The van der Waals surface area contributed by atoms with E-state index in [4.69, 9.17) is 0 Å². The molecule has 1 N–H and O–H groups in total. The Bertz CT molecular complexity index is 1180. The number of rotatable bonds is 6. The highest BCUT2D eigenvalue weighted by molar-refractivity contribution is 7.92. The predicted molar refractivity (Wildman–Crippen MR) is 105 cm³/mol. The Hall–Kier alpha value is -2.90. The van der Waals surface area contributed by atoms with Crippen LogP contribution in [0.3, 0.4) is 0 Å². The first-order valence-electron chi connectivity index (χ1n) is 9.82. The lowest BCUT2D eigenvalue weighted by atomic mass is 9.73. The lowest BCUT2D eigenvalue weighted by Crippen LogP contribution is -2.53. The number of nitrogens with one attached hydrogen (secondary N) is 1. The van der Waals surface area contributed by atoms with E-state index < -0.39 is 62.3 Å². The third-order valence-corrected chi connectivity index (χ3v) is 8.23. The molecule has 14 heteroatoms. The monoisotopic (exact) mass is 511 g/mol. The molecule has 1 heterocycles. The fraction of sp³-hybridized carbons (Fsp3) is 0.450. The quantitative estimate of drug-likeness (QED) is 0.585. The Morgan fingerprint density at radius 3 is 2.32 bits per heavy atom. The van der Waals surface area contributed by atoms with Crippen LogP contribution >= 0.6 is 0 Å². The van der Waals surface area contributed by atoms with Gasteiger partial charge in [-0.05, 0) is 56.9 Å². The summed E-state index contributed by atoms with van der Waals surface area (Å²) in [4.78, 5) is 18.2. The van der Waals surface area contributed by atoms with Gasteiger partial charge in [0.05, 0.1) is 9.64 Å². The molecule has 186 valence electrons. The Labute approximate surface area is 190 Å². The number of sulfone groups is 1. The molecular weight excluding hydrogens is 492 g/mol. The SMILES string of the molecule is CC(C)(C1CC(NC(=O)c2ccnc(C(F)(F)F)n2)C1)S(=O)(=O)c1cccc(OC(F)(F)F)c1. The molecule has 0 saturated heterocycles. The zero-order valence-electron chi connectivity index (χ0n) is 17.7. The number of amides is 1. The number of halogens is 6. The number of hydrogen-bond acceptors (Lipinski definition) is 6. The molecule has 0 aliphatic heterocycles. The molecule has 0 radical (unpaired) electrons. The van der Waals surface area contributed by atoms with E-state index in [2.05, 4.69) is 20.0 Å². The summed E-state index contributed by atoms with van der Waals surface area (Å²) < 4.78 is 104. The largest absolute Gasteiger partial charge is 0.573 e. The van der Waals surface area contributed by atoms with Crippen molar-refractivity contribution in [3.63, 3.8) is 0 Å². The van der Waals surface area contributed by atoms with Crippen molar-refractivity contribution in [3.05, 3.63) is 48.0 Å². The fourth-order valence-electron chi connectivity index (χ4n) is 3.55. The molecule has 0 spiro atoms. The number of nitrogens with zero attached hydrogens (tertiary/aromatic N) is 2. The van der Waals surface area contributed by atoms with Gasteiger partial charge in [-0.3, -0.25) is 4.79 Å². The van der Waals surface area contributed by atoms with Gasteiger partial charge in [-0.1, -0.05) is 6.07 Å². The van der Waals surface area contributed by atoms with E-state index in [0.29, 0.717) is 0 Å². The van der Waals surface area contributed by atoms with Gasteiger partial charge in [0.15, 0.2) is 9.84 Å². The number of ether oxygens (including phenoxy) is 1. The van der Waals surface area contributed by atoms with Crippen LogP contribution in [0.2, 0.25) is 0 Å². The molecule has 0 atom stereocenters. The van der Waals surface area contributed by atoms with Gasteiger partial charge >= 0.3 is 12.5 Å². The zero-order valence-corrected chi connectivity index (χ0v) is 18.6. The highest BCUT2D eigenvalue weighted by Gasteiger charge is 2.49. The maximum Gasteiger partial charge on any atom is 0.573 e. The molecule has 1 amide bonds. The summed E-state index contributed by atoms with van der Waals surface area (Å²) in [6.07, 6.45) is -8.62. The van der Waals surface area contributed by atoms with Gasteiger partial charge in [0.1, 0.15) is 11.4 Å². The smallest absolute Gasteiger partial charge is 0.406 e. The molecule has 0 bridgehead atoms. The van der Waals surface area contributed by atoms with E-state index >= 15 is 0 Å². The van der Waals surface area contributed by atoms with Crippen LogP contribution in [0.5, 0.6) is 5.75 Å². The third-order valence-electron chi connectivity index (χ3n) is 5.64. The van der Waals surface area contributed by atoms with E-state index in [1.54, 1.807) is 0 Å². The molecule has 0 unspecified atom stereocenters. The summed E-state index contributed by atoms with van der Waals surface area (Å²) in [6.45, 7) is 2.84. The van der Waals surface area contributed by atoms with E-state index in [-0.39, 0.29) is 17.7 Å². The van der Waals surface area contributed by atoms with Crippen molar-refractivity contribution in [2.45, 2.75) is 54.9 Å². The maximum absolute atomic E-state index is 13.1. The van der Waals surface area contributed by atoms with Crippen molar-refractivity contribution >= 4 is 15.7 Å². The average molecular weight is 511 g/mol. The van der Waals surface area contributed by atoms with Crippen LogP contribution in [-0.2, 0) is 16.0 Å². The molecule has 1 aliphatic rings. The molecule has 34 heavy (non-hydrogen) atoms. The van der Waals surface area contributed by atoms with Crippen LogP contribution in [0.15, 0.2) is 41.4 Å². The molecule has 1 aromatic heterocycles. The van der Waals surface area contributed by atoms with Crippen LogP contribution in [0.25, 0.3) is 0 Å². The normalized spacial score (nSPS) is 19.3. The first kappa shape index (κ1) is 25.7. The number of alkyl halides is 6. The van der Waals surface area contributed by atoms with Gasteiger partial charge in [-0.15, -0.1) is 13.2 Å². The number of carbonyl (C=O) groups excluding carboxylic acids is 1. The Balaban J connectivity index is 1.68. The number of hydrogen-bond donors (Lipinski definition) is 1. The van der Waals surface area contributed by atoms with E-state index in [1.807, 2.05) is 0 Å². The highest BCUT2D eigenvalue weighted by Crippen LogP contribution is 2.44. The molecule has 1 aromatic carbocycles. The Morgan fingerprint density at radius 2 is 1.74 bits per heavy atom. The van der Waals surface area contributed by atoms with Gasteiger partial charge < -0.3 is 10.1 Å². The van der Waals surface area contributed by atoms with Crippen LogP contribution in [-0.4, -0.2) is 41.4 Å². The number of carbonyl (C=O) groups is 1. The summed E-state index contributed by atoms with van der Waals surface area (Å²) in [7, 11) is -4.11. The second kappa shape index (κ2) is 8.71. The third kappa shape index (κ3) is 5.42. The van der Waals surface area contributed by atoms with Gasteiger partial charge in [-0.2, -0.15) is 13.2 Å². The van der Waals surface area contributed by atoms with Crippen LogP contribution in [0, 0.1) is 5.92 Å². The van der Waals surface area contributed by atoms with Crippen molar-refractivity contribution in [1.82, 2.24) is 15.3 Å². The fourth-order valence-corrected chi connectivity index (χ4v) is 5.31. The summed E-state index contributed by atoms with van der Waals surface area (Å²) in [6, 6.07) is 4.56. The minimum absolute atomic E-state index is 0.188. The van der Waals surface area contributed by atoms with E-state index in [0.717, 1.165) is 36.5 Å². The lowest BCUT2D eigenvalue weighted by Gasteiger charge is -2.44. The molecule has 1 aliphatic carbocycles. The Kier molecular flexibility index (Phi) is 6.59. The van der Waals surface area contributed by atoms with Crippen molar-refractivity contribution in [2.24, 2.45) is 5.92 Å². The first-order valence-corrected chi connectivity index (χ1v) is 11.3. The second-order valence-corrected chi connectivity index (χ2v) is 10.8. The Morgan fingerprint density at radius 1 is 1.09 bits per heavy atom. The van der Waals surface area contributed by atoms with Crippen LogP contribution < -0.4 is 10.1 Å². The summed E-state index contributed by atoms with van der Waals surface area (Å²) >= 11 is 0. The molecule has 3 rings (SSSR count). The average Bonchev–Trinajstić information content (AvgIpc) is 2.68. The minimum Gasteiger partial charge on any atom is -0.406 e. The number of aromatic nitrogens is 2. The van der Waals surface area contributed by atoms with Crippen LogP contribution in [0.4, 0.5) is 26.3 Å². The van der Waals surface area contributed by atoms with E-state index in [1.165, 1.54) is 13.8 Å². The van der Waals surface area contributed by atoms with Gasteiger partial charge in [0, 0.05) is 12.2 Å². The van der Waals surface area contributed by atoms with Crippen LogP contribution in [0.1, 0.15) is 43.0 Å². The summed E-state index contributed by atoms with van der Waals surface area (Å²) in [5.74, 6) is -3.48. The minimum atomic E-state index is -4.98. The molecule has 1 fully saturated rings. The van der Waals surface area contributed by atoms with Gasteiger partial charge in [-0.25, -0.2) is 18.4 Å². The predicted octanol–water partition coefficient (Wildman–Crippen LogP) is 4.15. The molecule has 7 nitrogen and oxygen atoms in total. The zero-order chi connectivity index (χ0) is 25.5. The highest BCUT2D eigenvalue weighted by atomic mass is 32.2. The lowest BCUT2D eigenvalue weighted by molar-refractivity contribution is -0.274. The number of benzene rings is 1. The maximum atomic E-state index is 13.1.